The first-order valence-corrected chi connectivity index (χ1v) is 8.84. The molecular weight excluding hydrogens is 368 g/mol. The van der Waals surface area contributed by atoms with Crippen LogP contribution in [0.5, 0.6) is 0 Å². The highest BCUT2D eigenvalue weighted by Crippen LogP contribution is 2.30. The molecule has 0 radical (unpaired) electrons. The van der Waals surface area contributed by atoms with E-state index in [0.717, 1.165) is 30.2 Å². The van der Waals surface area contributed by atoms with Crippen molar-refractivity contribution in [3.8, 4) is 0 Å². The monoisotopic (exact) mass is 390 g/mol. The van der Waals surface area contributed by atoms with Gasteiger partial charge >= 0.3 is 11.7 Å². The summed E-state index contributed by atoms with van der Waals surface area (Å²) in [5.41, 5.74) is 3.87. The Morgan fingerprint density at radius 2 is 2.07 bits per heavy atom. The van der Waals surface area contributed by atoms with Gasteiger partial charge in [0, 0.05) is 12.5 Å². The minimum absolute atomic E-state index is 0.0855. The molecular formula is C18H22N4O6. The summed E-state index contributed by atoms with van der Waals surface area (Å²) < 4.78 is 4.64. The van der Waals surface area contributed by atoms with Gasteiger partial charge in [-0.05, 0) is 43.7 Å². The highest BCUT2D eigenvalue weighted by atomic mass is 16.6. The number of benzene rings is 1. The first-order chi connectivity index (χ1) is 13.3. The van der Waals surface area contributed by atoms with E-state index in [-0.39, 0.29) is 17.3 Å². The molecule has 1 unspecified atom stereocenters. The zero-order valence-electron chi connectivity index (χ0n) is 15.7. The number of nitrogens with one attached hydrogen (secondary N) is 1. The Bertz CT molecular complexity index is 833. The van der Waals surface area contributed by atoms with E-state index in [1.807, 2.05) is 6.08 Å². The molecule has 2 rings (SSSR count). The predicted molar refractivity (Wildman–Crippen MR) is 103 cm³/mol. The number of ether oxygens (including phenoxy) is 1. The zero-order valence-corrected chi connectivity index (χ0v) is 15.7. The molecule has 1 aliphatic rings. The molecule has 0 aliphatic heterocycles. The van der Waals surface area contributed by atoms with E-state index in [4.69, 9.17) is 0 Å². The Morgan fingerprint density at radius 1 is 1.32 bits per heavy atom. The molecule has 0 aromatic heterocycles. The summed E-state index contributed by atoms with van der Waals surface area (Å²) in [6.45, 7) is 2.11. The molecule has 0 saturated heterocycles. The highest BCUT2D eigenvalue weighted by molar-refractivity contribution is 5.97. The summed E-state index contributed by atoms with van der Waals surface area (Å²) in [6.07, 6.45) is 5.29. The van der Waals surface area contributed by atoms with Gasteiger partial charge in [0.05, 0.1) is 28.7 Å². The number of carbonyl (C=O) groups is 1. The number of hydrogen-bond acceptors (Lipinski definition) is 8. The van der Waals surface area contributed by atoms with Crippen molar-refractivity contribution in [3.63, 3.8) is 0 Å². The maximum Gasteiger partial charge on any atom is 0.305 e. The van der Waals surface area contributed by atoms with E-state index >= 15 is 0 Å². The fourth-order valence-corrected chi connectivity index (χ4v) is 2.94. The fraction of sp³-hybridized carbons (Fsp3) is 0.444. The zero-order chi connectivity index (χ0) is 20.7. The highest BCUT2D eigenvalue weighted by Gasteiger charge is 2.20. The lowest BCUT2D eigenvalue weighted by Crippen LogP contribution is -2.13. The molecule has 1 N–H and O–H groups in total. The molecule has 28 heavy (non-hydrogen) atoms. The summed E-state index contributed by atoms with van der Waals surface area (Å²) in [5.74, 6) is 0.121. The van der Waals surface area contributed by atoms with Crippen molar-refractivity contribution in [2.24, 2.45) is 11.0 Å². The summed E-state index contributed by atoms with van der Waals surface area (Å²) in [5, 5.41) is 26.2. The Hall–Kier alpha value is -3.30. The molecule has 0 saturated carbocycles. The van der Waals surface area contributed by atoms with Crippen molar-refractivity contribution in [2.45, 2.75) is 39.0 Å². The van der Waals surface area contributed by atoms with Crippen LogP contribution in [-0.4, -0.2) is 28.6 Å². The van der Waals surface area contributed by atoms with Crippen LogP contribution in [0, 0.1) is 26.1 Å². The van der Waals surface area contributed by atoms with Crippen LogP contribution in [0.1, 0.15) is 39.0 Å². The number of nitrogens with zero attached hydrogens (tertiary/aromatic N) is 3. The van der Waals surface area contributed by atoms with Crippen molar-refractivity contribution in [3.05, 3.63) is 50.1 Å². The topological polar surface area (TPSA) is 137 Å². The van der Waals surface area contributed by atoms with Gasteiger partial charge in [0.25, 0.3) is 5.69 Å². The minimum Gasteiger partial charge on any atom is -0.469 e. The third-order valence-electron chi connectivity index (χ3n) is 4.60. The number of rotatable bonds is 8. The maximum absolute atomic E-state index is 11.2. The second-order valence-corrected chi connectivity index (χ2v) is 6.52. The molecule has 1 aromatic rings. The lowest BCUT2D eigenvalue weighted by molar-refractivity contribution is -0.393. The number of methoxy groups -OCH3 is 1. The average molecular weight is 390 g/mol. The molecule has 0 fully saturated rings. The Balaban J connectivity index is 2.13. The summed E-state index contributed by atoms with van der Waals surface area (Å²) in [6, 6.07) is 3.36. The van der Waals surface area contributed by atoms with Crippen LogP contribution in [0.2, 0.25) is 0 Å². The van der Waals surface area contributed by atoms with Crippen LogP contribution in [0.15, 0.2) is 34.9 Å². The molecule has 0 bridgehead atoms. The van der Waals surface area contributed by atoms with Crippen LogP contribution in [-0.2, 0) is 9.53 Å². The quantitative estimate of drug-likeness (QED) is 0.403. The smallest absolute Gasteiger partial charge is 0.305 e. The normalized spacial score (nSPS) is 17.7. The Kier molecular flexibility index (Phi) is 7.19. The predicted octanol–water partition coefficient (Wildman–Crippen LogP) is 3.97. The lowest BCUT2D eigenvalue weighted by atomic mass is 9.85. The van der Waals surface area contributed by atoms with E-state index in [2.05, 4.69) is 22.2 Å². The average Bonchev–Trinajstić information content (AvgIpc) is 2.67. The number of esters is 1. The fourth-order valence-electron chi connectivity index (χ4n) is 2.94. The molecule has 1 aromatic carbocycles. The summed E-state index contributed by atoms with van der Waals surface area (Å²) >= 11 is 0. The van der Waals surface area contributed by atoms with Crippen molar-refractivity contribution in [2.75, 3.05) is 12.5 Å². The lowest BCUT2D eigenvalue weighted by Gasteiger charge is -2.21. The van der Waals surface area contributed by atoms with Crippen LogP contribution in [0.3, 0.4) is 0 Å². The van der Waals surface area contributed by atoms with E-state index < -0.39 is 15.5 Å². The first-order valence-electron chi connectivity index (χ1n) is 8.84. The van der Waals surface area contributed by atoms with Gasteiger partial charge in [0.1, 0.15) is 5.69 Å². The second-order valence-electron chi connectivity index (χ2n) is 6.52. The van der Waals surface area contributed by atoms with Crippen LogP contribution < -0.4 is 5.43 Å². The molecule has 150 valence electrons. The van der Waals surface area contributed by atoms with E-state index in [0.29, 0.717) is 25.2 Å². The number of hydrazone groups is 1. The third-order valence-corrected chi connectivity index (χ3v) is 4.60. The molecule has 0 heterocycles. The number of carbonyl (C=O) groups excluding carboxylic acids is 1. The molecule has 1 atom stereocenters. The number of nitro groups is 2. The minimum atomic E-state index is -0.688. The second kappa shape index (κ2) is 9.58. The van der Waals surface area contributed by atoms with Crippen molar-refractivity contribution in [1.29, 1.82) is 0 Å². The largest absolute Gasteiger partial charge is 0.469 e. The molecule has 0 spiro atoms. The van der Waals surface area contributed by atoms with Crippen molar-refractivity contribution < 1.29 is 19.4 Å². The van der Waals surface area contributed by atoms with E-state index in [1.165, 1.54) is 19.2 Å². The third kappa shape index (κ3) is 5.60. The number of non-ortho nitro benzene ring substituents is 1. The number of nitro benzene ring substituents is 2. The molecule has 10 heteroatoms. The first kappa shape index (κ1) is 21.0. The van der Waals surface area contributed by atoms with Gasteiger partial charge < -0.3 is 4.74 Å². The standard InChI is InChI=1S/C18H22N4O6/c1-12-6-7-14(10-13(12)4-3-5-18(23)28-2)19-20-16-9-8-15(21(24)25)11-17(16)22(26)27/h8-12,20H,3-7H2,1-2H3/b19-14+. The Labute approximate surface area is 161 Å². The van der Waals surface area contributed by atoms with Crippen molar-refractivity contribution >= 4 is 28.7 Å². The van der Waals surface area contributed by atoms with Gasteiger partial charge in [0.2, 0.25) is 0 Å². The van der Waals surface area contributed by atoms with Gasteiger partial charge in [-0.1, -0.05) is 12.5 Å². The number of allylic oxidation sites excluding steroid dienone is 2. The summed E-state index contributed by atoms with van der Waals surface area (Å²) in [7, 11) is 1.36. The van der Waals surface area contributed by atoms with Crippen LogP contribution in [0.4, 0.5) is 17.1 Å². The van der Waals surface area contributed by atoms with Gasteiger partial charge in [-0.25, -0.2) is 0 Å². The van der Waals surface area contributed by atoms with Crippen LogP contribution >= 0.6 is 0 Å². The summed E-state index contributed by atoms with van der Waals surface area (Å²) in [4.78, 5) is 31.9. The number of hydrogen-bond donors (Lipinski definition) is 1. The van der Waals surface area contributed by atoms with E-state index in [1.54, 1.807) is 0 Å². The molecule has 0 amide bonds. The Morgan fingerprint density at radius 3 is 2.71 bits per heavy atom. The molecule has 10 nitrogen and oxygen atoms in total. The molecule has 1 aliphatic carbocycles. The SMILES string of the molecule is COC(=O)CCCC1=C/C(=N/Nc2ccc([N+](=O)[O-])cc2[N+](=O)[O-])CCC1C. The van der Waals surface area contributed by atoms with E-state index in [9.17, 15) is 25.0 Å². The number of anilines is 1. The maximum atomic E-state index is 11.2. The van der Waals surface area contributed by atoms with Crippen molar-refractivity contribution in [1.82, 2.24) is 0 Å². The van der Waals surface area contributed by atoms with Gasteiger partial charge in [-0.2, -0.15) is 5.10 Å². The van der Waals surface area contributed by atoms with Gasteiger partial charge in [-0.3, -0.25) is 30.4 Å². The van der Waals surface area contributed by atoms with Gasteiger partial charge in [-0.15, -0.1) is 0 Å². The van der Waals surface area contributed by atoms with Gasteiger partial charge in [0.15, 0.2) is 0 Å². The van der Waals surface area contributed by atoms with Crippen LogP contribution in [0.25, 0.3) is 0 Å².